The molecule has 5 nitrogen and oxygen atoms in total. The van der Waals surface area contributed by atoms with Gasteiger partial charge in [0.15, 0.2) is 5.76 Å². The van der Waals surface area contributed by atoms with Gasteiger partial charge in [-0.3, -0.25) is 4.79 Å². The summed E-state index contributed by atoms with van der Waals surface area (Å²) >= 11 is 0. The number of carbonyl (C=O) groups excluding carboxylic acids is 1. The molecular weight excluding hydrogens is 230 g/mol. The lowest BCUT2D eigenvalue weighted by atomic mass is 9.90. The highest BCUT2D eigenvalue weighted by Gasteiger charge is 2.25. The highest BCUT2D eigenvalue weighted by Crippen LogP contribution is 2.19. The average Bonchev–Trinajstić information content (AvgIpc) is 2.82. The van der Waals surface area contributed by atoms with Crippen LogP contribution < -0.4 is 10.6 Å². The lowest BCUT2D eigenvalue weighted by Crippen LogP contribution is -2.48. The Labute approximate surface area is 107 Å². The first-order valence-electron chi connectivity index (χ1n) is 6.62. The zero-order valence-corrected chi connectivity index (χ0v) is 11.0. The average molecular weight is 251 g/mol. The van der Waals surface area contributed by atoms with E-state index in [1.54, 1.807) is 0 Å². The van der Waals surface area contributed by atoms with Gasteiger partial charge >= 0.3 is 0 Å². The maximum atomic E-state index is 12.0. The molecule has 2 unspecified atom stereocenters. The first-order valence-corrected chi connectivity index (χ1v) is 6.62. The maximum Gasteiger partial charge on any atom is 0.237 e. The molecule has 0 aliphatic carbocycles. The second-order valence-corrected chi connectivity index (χ2v) is 4.96. The second-order valence-electron chi connectivity index (χ2n) is 4.96. The number of aromatic nitrogens is 1. The van der Waals surface area contributed by atoms with E-state index in [0.29, 0.717) is 18.2 Å². The first kappa shape index (κ1) is 13.1. The molecule has 1 saturated heterocycles. The highest BCUT2D eigenvalue weighted by molar-refractivity contribution is 5.81. The van der Waals surface area contributed by atoms with Gasteiger partial charge in [0.25, 0.3) is 0 Å². The van der Waals surface area contributed by atoms with E-state index in [0.717, 1.165) is 25.1 Å². The SMILES string of the molecule is CCC1CCNC(C(=O)NCc2cc(C)no2)C1. The summed E-state index contributed by atoms with van der Waals surface area (Å²) in [6.07, 6.45) is 3.24. The van der Waals surface area contributed by atoms with Gasteiger partial charge in [0, 0.05) is 6.07 Å². The van der Waals surface area contributed by atoms with Gasteiger partial charge in [-0.05, 0) is 32.2 Å². The fraction of sp³-hybridized carbons (Fsp3) is 0.692. The van der Waals surface area contributed by atoms with Crippen LogP contribution in [0.25, 0.3) is 0 Å². The van der Waals surface area contributed by atoms with Gasteiger partial charge in [0.05, 0.1) is 18.3 Å². The minimum Gasteiger partial charge on any atom is -0.359 e. The van der Waals surface area contributed by atoms with Crippen molar-refractivity contribution >= 4 is 5.91 Å². The molecule has 5 heteroatoms. The zero-order chi connectivity index (χ0) is 13.0. The standard InChI is InChI=1S/C13H21N3O2/c1-3-10-4-5-14-12(7-10)13(17)15-8-11-6-9(2)16-18-11/h6,10,12,14H,3-5,7-8H2,1-2H3,(H,15,17). The zero-order valence-electron chi connectivity index (χ0n) is 11.0. The van der Waals surface area contributed by atoms with Crippen molar-refractivity contribution in [1.29, 1.82) is 0 Å². The van der Waals surface area contributed by atoms with E-state index in [1.807, 2.05) is 13.0 Å². The molecule has 0 aromatic carbocycles. The number of carbonyl (C=O) groups is 1. The molecule has 2 heterocycles. The smallest absolute Gasteiger partial charge is 0.237 e. The highest BCUT2D eigenvalue weighted by atomic mass is 16.5. The fourth-order valence-electron chi connectivity index (χ4n) is 2.36. The fourth-order valence-corrected chi connectivity index (χ4v) is 2.36. The summed E-state index contributed by atoms with van der Waals surface area (Å²) in [5, 5.41) is 9.95. The van der Waals surface area contributed by atoms with Gasteiger partial charge in [-0.25, -0.2) is 0 Å². The number of hydrogen-bond acceptors (Lipinski definition) is 4. The molecule has 2 N–H and O–H groups in total. The van der Waals surface area contributed by atoms with Crippen molar-refractivity contribution in [3.8, 4) is 0 Å². The van der Waals surface area contributed by atoms with Gasteiger partial charge in [-0.2, -0.15) is 0 Å². The first-order chi connectivity index (χ1) is 8.69. The summed E-state index contributed by atoms with van der Waals surface area (Å²) in [7, 11) is 0. The molecule has 1 aromatic heterocycles. The Morgan fingerprint density at radius 1 is 1.67 bits per heavy atom. The van der Waals surface area contributed by atoms with Crippen molar-refractivity contribution in [1.82, 2.24) is 15.8 Å². The van der Waals surface area contributed by atoms with Crippen LogP contribution in [-0.4, -0.2) is 23.7 Å². The van der Waals surface area contributed by atoms with Crippen LogP contribution in [0.2, 0.25) is 0 Å². The molecule has 0 bridgehead atoms. The third-order valence-electron chi connectivity index (χ3n) is 3.52. The van der Waals surface area contributed by atoms with E-state index < -0.39 is 0 Å². The van der Waals surface area contributed by atoms with Gasteiger partial charge < -0.3 is 15.2 Å². The van der Waals surface area contributed by atoms with Crippen LogP contribution in [0.3, 0.4) is 0 Å². The van der Waals surface area contributed by atoms with Crippen LogP contribution in [0, 0.1) is 12.8 Å². The summed E-state index contributed by atoms with van der Waals surface area (Å²) in [6, 6.07) is 1.77. The largest absolute Gasteiger partial charge is 0.359 e. The van der Waals surface area contributed by atoms with Crippen molar-refractivity contribution < 1.29 is 9.32 Å². The molecule has 2 rings (SSSR count). The number of nitrogens with one attached hydrogen (secondary N) is 2. The van der Waals surface area contributed by atoms with Crippen molar-refractivity contribution in [2.45, 2.75) is 45.7 Å². The molecule has 18 heavy (non-hydrogen) atoms. The summed E-state index contributed by atoms with van der Waals surface area (Å²) in [5.41, 5.74) is 0.834. The van der Waals surface area contributed by atoms with Crippen LogP contribution in [0.5, 0.6) is 0 Å². The van der Waals surface area contributed by atoms with Crippen LogP contribution in [0.4, 0.5) is 0 Å². The number of rotatable bonds is 4. The summed E-state index contributed by atoms with van der Waals surface area (Å²) in [5.74, 6) is 1.42. The van der Waals surface area contributed by atoms with Gasteiger partial charge in [0.1, 0.15) is 0 Å². The van der Waals surface area contributed by atoms with Crippen molar-refractivity contribution in [2.24, 2.45) is 5.92 Å². The minimum atomic E-state index is -0.0623. The molecule has 0 spiro atoms. The molecule has 2 atom stereocenters. The number of nitrogens with zero attached hydrogens (tertiary/aromatic N) is 1. The molecule has 1 fully saturated rings. The van der Waals surface area contributed by atoms with Gasteiger partial charge in [-0.15, -0.1) is 0 Å². The molecule has 1 aromatic rings. The van der Waals surface area contributed by atoms with Crippen LogP contribution >= 0.6 is 0 Å². The Morgan fingerprint density at radius 2 is 2.50 bits per heavy atom. The van der Waals surface area contributed by atoms with Gasteiger partial charge in [0.2, 0.25) is 5.91 Å². The number of piperidine rings is 1. The van der Waals surface area contributed by atoms with E-state index in [-0.39, 0.29) is 11.9 Å². The van der Waals surface area contributed by atoms with E-state index in [2.05, 4.69) is 22.7 Å². The van der Waals surface area contributed by atoms with Crippen LogP contribution in [-0.2, 0) is 11.3 Å². The lowest BCUT2D eigenvalue weighted by Gasteiger charge is -2.28. The number of amides is 1. The van der Waals surface area contributed by atoms with Crippen molar-refractivity contribution in [2.75, 3.05) is 6.54 Å². The second kappa shape index (κ2) is 6.00. The lowest BCUT2D eigenvalue weighted by molar-refractivity contribution is -0.124. The Hall–Kier alpha value is -1.36. The minimum absolute atomic E-state index is 0.0576. The van der Waals surface area contributed by atoms with Gasteiger partial charge in [-0.1, -0.05) is 18.5 Å². The monoisotopic (exact) mass is 251 g/mol. The van der Waals surface area contributed by atoms with E-state index >= 15 is 0 Å². The normalized spacial score (nSPS) is 23.9. The number of hydrogen-bond donors (Lipinski definition) is 2. The van der Waals surface area contributed by atoms with E-state index in [4.69, 9.17) is 4.52 Å². The van der Waals surface area contributed by atoms with E-state index in [9.17, 15) is 4.79 Å². The Kier molecular flexibility index (Phi) is 4.36. The predicted molar refractivity (Wildman–Crippen MR) is 67.9 cm³/mol. The van der Waals surface area contributed by atoms with Crippen LogP contribution in [0.1, 0.15) is 37.6 Å². The predicted octanol–water partition coefficient (Wildman–Crippen LogP) is 1.38. The molecule has 0 saturated carbocycles. The van der Waals surface area contributed by atoms with Crippen molar-refractivity contribution in [3.05, 3.63) is 17.5 Å². The number of aryl methyl sites for hydroxylation is 1. The molecular formula is C13H21N3O2. The van der Waals surface area contributed by atoms with Crippen molar-refractivity contribution in [3.63, 3.8) is 0 Å². The Bertz CT molecular complexity index is 403. The molecule has 1 aliphatic rings. The summed E-state index contributed by atoms with van der Waals surface area (Å²) in [4.78, 5) is 12.0. The topological polar surface area (TPSA) is 67.2 Å². The Balaban J connectivity index is 1.80. The maximum absolute atomic E-state index is 12.0. The van der Waals surface area contributed by atoms with Crippen LogP contribution in [0.15, 0.2) is 10.6 Å². The molecule has 1 amide bonds. The molecule has 100 valence electrons. The summed E-state index contributed by atoms with van der Waals surface area (Å²) in [6.45, 7) is 5.39. The Morgan fingerprint density at radius 3 is 3.17 bits per heavy atom. The molecule has 0 radical (unpaired) electrons. The third kappa shape index (κ3) is 3.32. The quantitative estimate of drug-likeness (QED) is 0.848. The summed E-state index contributed by atoms with van der Waals surface area (Å²) < 4.78 is 5.06. The van der Waals surface area contributed by atoms with E-state index in [1.165, 1.54) is 6.42 Å². The molecule has 1 aliphatic heterocycles. The third-order valence-corrected chi connectivity index (χ3v) is 3.52.